The van der Waals surface area contributed by atoms with Gasteiger partial charge < -0.3 is 41.7 Å². The summed E-state index contributed by atoms with van der Waals surface area (Å²) in [7, 11) is 0. The van der Waals surface area contributed by atoms with Gasteiger partial charge in [-0.2, -0.15) is 0 Å². The third-order valence-corrected chi connectivity index (χ3v) is 5.78. The first-order valence-corrected chi connectivity index (χ1v) is 12.0. The van der Waals surface area contributed by atoms with Crippen molar-refractivity contribution >= 4 is 35.7 Å². The molecule has 1 saturated heterocycles. The molecule has 0 saturated carbocycles. The first-order chi connectivity index (χ1) is 17.0. The van der Waals surface area contributed by atoms with Crippen LogP contribution in [0.3, 0.4) is 0 Å². The van der Waals surface area contributed by atoms with E-state index in [9.17, 15) is 28.8 Å². The lowest BCUT2D eigenvalue weighted by molar-refractivity contribution is -0.142. The number of carboxylic acids is 4. The van der Waals surface area contributed by atoms with Crippen LogP contribution in [0, 0.1) is 0 Å². The molecule has 0 aromatic heterocycles. The van der Waals surface area contributed by atoms with Gasteiger partial charge in [0, 0.05) is 12.8 Å². The molecule has 1 heterocycles. The average Bonchev–Trinajstić information content (AvgIpc) is 2.79. The van der Waals surface area contributed by atoms with Crippen molar-refractivity contribution < 1.29 is 49.2 Å². The molecule has 0 spiro atoms. The molecule has 1 fully saturated rings. The van der Waals surface area contributed by atoms with E-state index in [4.69, 9.17) is 20.4 Å². The number of hydrogen-bond acceptors (Lipinski definition) is 8. The van der Waals surface area contributed by atoms with E-state index in [-0.39, 0.29) is 37.5 Å². The lowest BCUT2D eigenvalue weighted by Crippen LogP contribution is -2.61. The third kappa shape index (κ3) is 12.4. The highest BCUT2D eigenvalue weighted by Gasteiger charge is 2.32. The third-order valence-electron chi connectivity index (χ3n) is 5.78. The van der Waals surface area contributed by atoms with Crippen molar-refractivity contribution in [2.24, 2.45) is 0 Å². The van der Waals surface area contributed by atoms with Gasteiger partial charge in [-0.25, -0.2) is 0 Å². The highest BCUT2D eigenvalue weighted by atomic mass is 16.4. The van der Waals surface area contributed by atoms with Crippen molar-refractivity contribution in [3.8, 4) is 0 Å². The number of piperazine rings is 1. The van der Waals surface area contributed by atoms with Gasteiger partial charge in [0.05, 0.1) is 0 Å². The Balaban J connectivity index is 2.26. The maximum atomic E-state index is 12.3. The van der Waals surface area contributed by atoms with Gasteiger partial charge in [0.15, 0.2) is 0 Å². The summed E-state index contributed by atoms with van der Waals surface area (Å²) in [5, 5.41) is 46.5. The summed E-state index contributed by atoms with van der Waals surface area (Å²) < 4.78 is 0. The second-order valence-corrected chi connectivity index (χ2v) is 8.67. The van der Waals surface area contributed by atoms with Crippen LogP contribution in [0.15, 0.2) is 0 Å². The molecule has 8 N–H and O–H groups in total. The van der Waals surface area contributed by atoms with E-state index in [0.29, 0.717) is 51.6 Å². The molecule has 36 heavy (non-hydrogen) atoms. The topological polar surface area (TPSA) is 231 Å². The Hall–Kier alpha value is -3.26. The molecule has 0 aliphatic carbocycles. The lowest BCUT2D eigenvalue weighted by Gasteiger charge is -2.29. The lowest BCUT2D eigenvalue weighted by atomic mass is 10.0. The summed E-state index contributed by atoms with van der Waals surface area (Å²) in [6.45, 7) is 0.656. The smallest absolute Gasteiger partial charge is 0.320 e. The van der Waals surface area contributed by atoms with Crippen LogP contribution in [0.5, 0.6) is 0 Å². The van der Waals surface area contributed by atoms with Crippen LogP contribution in [0.2, 0.25) is 0 Å². The molecule has 2 amide bonds. The van der Waals surface area contributed by atoms with Crippen LogP contribution in [0.4, 0.5) is 0 Å². The quantitative estimate of drug-likeness (QED) is 0.0922. The van der Waals surface area contributed by atoms with Crippen LogP contribution < -0.4 is 21.3 Å². The van der Waals surface area contributed by atoms with E-state index in [1.165, 1.54) is 0 Å². The Morgan fingerprint density at radius 2 is 1.03 bits per heavy atom. The minimum atomic E-state index is -1.13. The van der Waals surface area contributed by atoms with E-state index in [2.05, 4.69) is 21.3 Å². The minimum absolute atomic E-state index is 0.0337. The van der Waals surface area contributed by atoms with Crippen LogP contribution in [0.1, 0.15) is 64.2 Å². The molecular weight excluding hydrogens is 480 g/mol. The molecule has 14 nitrogen and oxygen atoms in total. The van der Waals surface area contributed by atoms with E-state index < -0.39 is 48.0 Å². The van der Waals surface area contributed by atoms with Crippen molar-refractivity contribution in [1.82, 2.24) is 21.3 Å². The Morgan fingerprint density at radius 3 is 1.33 bits per heavy atom. The second-order valence-electron chi connectivity index (χ2n) is 8.67. The number of nitrogens with one attached hydrogen (secondary N) is 4. The maximum absolute atomic E-state index is 12.3. The summed E-state index contributed by atoms with van der Waals surface area (Å²) in [5.41, 5.74) is 0. The predicted octanol–water partition coefficient (Wildman–Crippen LogP) is -0.875. The summed E-state index contributed by atoms with van der Waals surface area (Å²) in [4.78, 5) is 68.2. The number of carbonyl (C=O) groups is 6. The maximum Gasteiger partial charge on any atom is 0.320 e. The van der Waals surface area contributed by atoms with Gasteiger partial charge in [0.2, 0.25) is 11.8 Å². The van der Waals surface area contributed by atoms with Gasteiger partial charge in [-0.15, -0.1) is 0 Å². The summed E-state index contributed by atoms with van der Waals surface area (Å²) in [6, 6.07) is -3.31. The van der Waals surface area contributed by atoms with Gasteiger partial charge in [-0.1, -0.05) is 0 Å². The van der Waals surface area contributed by atoms with Crippen LogP contribution in [-0.2, 0) is 28.8 Å². The van der Waals surface area contributed by atoms with E-state index in [1.54, 1.807) is 0 Å². The molecule has 4 atom stereocenters. The van der Waals surface area contributed by atoms with Crippen LogP contribution in [-0.4, -0.2) is 93.4 Å². The van der Waals surface area contributed by atoms with Crippen molar-refractivity contribution in [1.29, 1.82) is 0 Å². The normalized spacial score (nSPS) is 19.1. The molecule has 14 heteroatoms. The number of carbonyl (C=O) groups excluding carboxylic acids is 2. The highest BCUT2D eigenvalue weighted by Crippen LogP contribution is 2.10. The minimum Gasteiger partial charge on any atom is -0.481 e. The van der Waals surface area contributed by atoms with Crippen LogP contribution in [0.25, 0.3) is 0 Å². The Bertz CT molecular complexity index is 727. The largest absolute Gasteiger partial charge is 0.481 e. The van der Waals surface area contributed by atoms with E-state index in [0.717, 1.165) is 0 Å². The van der Waals surface area contributed by atoms with Crippen molar-refractivity contribution in [2.75, 3.05) is 13.1 Å². The number of carboxylic acid groups (broad SMARTS) is 4. The summed E-state index contributed by atoms with van der Waals surface area (Å²) in [5.74, 6) is -5.02. The molecule has 4 unspecified atom stereocenters. The fourth-order valence-electron chi connectivity index (χ4n) is 3.74. The zero-order chi connectivity index (χ0) is 27.1. The predicted molar refractivity (Wildman–Crippen MR) is 124 cm³/mol. The van der Waals surface area contributed by atoms with Gasteiger partial charge in [0.1, 0.15) is 24.2 Å². The van der Waals surface area contributed by atoms with E-state index >= 15 is 0 Å². The molecule has 0 bridgehead atoms. The van der Waals surface area contributed by atoms with Crippen molar-refractivity contribution in [2.45, 2.75) is 88.4 Å². The molecule has 204 valence electrons. The van der Waals surface area contributed by atoms with Crippen molar-refractivity contribution in [3.63, 3.8) is 0 Å². The number of aliphatic carboxylic acids is 4. The summed E-state index contributed by atoms with van der Waals surface area (Å²) in [6.07, 6.45) is 2.32. The van der Waals surface area contributed by atoms with Gasteiger partial charge in [-0.3, -0.25) is 28.8 Å². The molecular formula is C22H36N4O10. The van der Waals surface area contributed by atoms with Gasteiger partial charge in [0.25, 0.3) is 0 Å². The zero-order valence-electron chi connectivity index (χ0n) is 20.0. The highest BCUT2D eigenvalue weighted by molar-refractivity contribution is 5.96. The monoisotopic (exact) mass is 516 g/mol. The molecule has 1 aliphatic rings. The fraction of sp³-hybridized carbons (Fsp3) is 0.727. The average molecular weight is 517 g/mol. The molecule has 1 rings (SSSR count). The van der Waals surface area contributed by atoms with Crippen LogP contribution >= 0.6 is 0 Å². The number of amides is 2. The second kappa shape index (κ2) is 16.4. The standard InChI is InChI=1S/C22H36N4O10/c27-17(28)9-7-15(21(33)34)23-11-3-1-5-13-19(31)26-14(20(32)25-13)6-2-4-12-24-16(22(35)36)8-10-18(29)30/h13-16,23-24H,1-12H2,(H,25,32)(H,26,31)(H,27,28)(H,29,30)(H,33,34)(H,35,36). The molecule has 1 aliphatic heterocycles. The Kier molecular flexibility index (Phi) is 14.0. The molecule has 0 aromatic carbocycles. The first-order valence-electron chi connectivity index (χ1n) is 12.0. The zero-order valence-corrected chi connectivity index (χ0v) is 20.0. The number of rotatable bonds is 20. The van der Waals surface area contributed by atoms with Gasteiger partial charge >= 0.3 is 23.9 Å². The Morgan fingerprint density at radius 1 is 0.667 bits per heavy atom. The van der Waals surface area contributed by atoms with Gasteiger partial charge in [-0.05, 0) is 64.5 Å². The number of unbranched alkanes of at least 4 members (excludes halogenated alkanes) is 2. The van der Waals surface area contributed by atoms with E-state index in [1.807, 2.05) is 0 Å². The first kappa shape index (κ1) is 30.8. The van der Waals surface area contributed by atoms with Crippen molar-refractivity contribution in [3.05, 3.63) is 0 Å². The Labute approximate surface area is 208 Å². The number of hydrogen-bond donors (Lipinski definition) is 8. The molecule has 0 aromatic rings. The fourth-order valence-corrected chi connectivity index (χ4v) is 3.74. The SMILES string of the molecule is O=C(O)CCC(NCCCCC1NC(=O)C(CCCCNC(CCC(=O)O)C(=O)O)NC1=O)C(=O)O. The molecule has 0 radical (unpaired) electrons. The summed E-state index contributed by atoms with van der Waals surface area (Å²) >= 11 is 0.